The molecular formula is C85H58N2. The number of rotatable bonds is 10. The first-order valence-corrected chi connectivity index (χ1v) is 30.4. The number of nitrogens with zero attached hydrogens (tertiary/aromatic N) is 2. The third kappa shape index (κ3) is 8.55. The standard InChI is InChI=1S/C85H58N2/c1-3-14-70(15-4-1)86-81-21-11-8-18-74(81)76-53-66(45-49-83(76)86)61-35-27-57(28-36-61)23-25-59-31-39-63(40-32-59)68-43-47-72-73-48-44-69(56-80(73)85(79(72)55-68)52-51-65-13-7-10-20-78(65)85)64-41-33-60(34-42-64)26-24-58-29-37-62(38-30-58)67-46-50-84-77(54-67)75-19-9-12-22-82(75)87(84)71-16-5-2-6-17-71/h1-50,53-56H,51-52H2/b25-23+,26-24+. The Morgan fingerprint density at radius 2 is 0.586 bits per heavy atom. The van der Waals surface area contributed by atoms with Crippen LogP contribution in [0.3, 0.4) is 0 Å². The maximum Gasteiger partial charge on any atom is 0.0541 e. The molecule has 0 saturated heterocycles. The van der Waals surface area contributed by atoms with Gasteiger partial charge in [-0.2, -0.15) is 0 Å². The predicted molar refractivity (Wildman–Crippen MR) is 368 cm³/mol. The minimum absolute atomic E-state index is 0.213. The molecule has 2 heterocycles. The van der Waals surface area contributed by atoms with Crippen molar-refractivity contribution >= 4 is 67.9 Å². The molecule has 408 valence electrons. The zero-order chi connectivity index (χ0) is 57.4. The van der Waals surface area contributed by atoms with E-state index < -0.39 is 0 Å². The van der Waals surface area contributed by atoms with E-state index in [9.17, 15) is 0 Å². The molecule has 0 radical (unpaired) electrons. The fourth-order valence-corrected chi connectivity index (χ4v) is 14.5. The van der Waals surface area contributed by atoms with Crippen LogP contribution in [0.1, 0.15) is 50.9 Å². The van der Waals surface area contributed by atoms with Crippen LogP contribution in [0, 0.1) is 0 Å². The number of benzene rings is 13. The molecule has 0 unspecified atom stereocenters. The second-order valence-electron chi connectivity index (χ2n) is 23.6. The van der Waals surface area contributed by atoms with Crippen LogP contribution in [0.5, 0.6) is 0 Å². The summed E-state index contributed by atoms with van der Waals surface area (Å²) in [6.07, 6.45) is 11.0. The monoisotopic (exact) mass is 1110 g/mol. The predicted octanol–water partition coefficient (Wildman–Crippen LogP) is 22.2. The van der Waals surface area contributed by atoms with Crippen molar-refractivity contribution in [3.05, 3.63) is 348 Å². The molecule has 0 saturated carbocycles. The van der Waals surface area contributed by atoms with Crippen molar-refractivity contribution in [2.75, 3.05) is 0 Å². The second kappa shape index (κ2) is 20.6. The molecule has 2 heteroatoms. The molecule has 0 fully saturated rings. The second-order valence-corrected chi connectivity index (χ2v) is 23.6. The Hall–Kier alpha value is -11.1. The Morgan fingerprint density at radius 3 is 1.01 bits per heavy atom. The lowest BCUT2D eigenvalue weighted by atomic mass is 9.72. The van der Waals surface area contributed by atoms with Gasteiger partial charge in [0.1, 0.15) is 0 Å². The van der Waals surface area contributed by atoms with Crippen LogP contribution in [-0.2, 0) is 11.8 Å². The summed E-state index contributed by atoms with van der Waals surface area (Å²) in [6, 6.07) is 112. The molecule has 87 heavy (non-hydrogen) atoms. The Balaban J connectivity index is 0.600. The first-order valence-electron chi connectivity index (χ1n) is 30.4. The lowest BCUT2D eigenvalue weighted by Gasteiger charge is -2.29. The zero-order valence-electron chi connectivity index (χ0n) is 48.0. The van der Waals surface area contributed by atoms with Crippen molar-refractivity contribution in [3.8, 4) is 67.0 Å². The van der Waals surface area contributed by atoms with Crippen LogP contribution in [0.2, 0.25) is 0 Å². The van der Waals surface area contributed by atoms with Crippen LogP contribution in [0.4, 0.5) is 0 Å². The number of para-hydroxylation sites is 4. The van der Waals surface area contributed by atoms with Gasteiger partial charge in [-0.15, -0.1) is 0 Å². The Kier molecular flexibility index (Phi) is 12.0. The highest BCUT2D eigenvalue weighted by Crippen LogP contribution is 2.59. The molecule has 17 rings (SSSR count). The van der Waals surface area contributed by atoms with E-state index in [1.54, 1.807) is 0 Å². The van der Waals surface area contributed by atoms with E-state index in [1.165, 1.54) is 155 Å². The topological polar surface area (TPSA) is 9.86 Å². The zero-order valence-corrected chi connectivity index (χ0v) is 48.0. The van der Waals surface area contributed by atoms with E-state index in [2.05, 4.69) is 337 Å². The highest BCUT2D eigenvalue weighted by molar-refractivity contribution is 6.12. The van der Waals surface area contributed by atoms with Gasteiger partial charge < -0.3 is 9.13 Å². The molecule has 0 N–H and O–H groups in total. The van der Waals surface area contributed by atoms with Gasteiger partial charge >= 0.3 is 0 Å². The van der Waals surface area contributed by atoms with Crippen molar-refractivity contribution < 1.29 is 0 Å². The summed E-state index contributed by atoms with van der Waals surface area (Å²) in [5.41, 5.74) is 30.0. The van der Waals surface area contributed by atoms with E-state index in [0.717, 1.165) is 12.8 Å². The molecule has 1 spiro atoms. The van der Waals surface area contributed by atoms with Crippen LogP contribution in [0.25, 0.3) is 135 Å². The number of hydrogen-bond acceptors (Lipinski definition) is 0. The summed E-state index contributed by atoms with van der Waals surface area (Å²) in [6.45, 7) is 0. The smallest absolute Gasteiger partial charge is 0.0541 e. The number of aryl methyl sites for hydroxylation is 1. The van der Waals surface area contributed by atoms with E-state index in [-0.39, 0.29) is 5.41 Å². The van der Waals surface area contributed by atoms with Crippen molar-refractivity contribution in [1.82, 2.24) is 9.13 Å². The third-order valence-corrected chi connectivity index (χ3v) is 18.8. The van der Waals surface area contributed by atoms with Crippen molar-refractivity contribution in [3.63, 3.8) is 0 Å². The molecule has 0 bridgehead atoms. The minimum Gasteiger partial charge on any atom is -0.309 e. The summed E-state index contributed by atoms with van der Waals surface area (Å²) >= 11 is 0. The maximum atomic E-state index is 2.50. The largest absolute Gasteiger partial charge is 0.309 e. The fraction of sp³-hybridized carbons (Fsp3) is 0.0353. The first kappa shape index (κ1) is 50.5. The highest BCUT2D eigenvalue weighted by atomic mass is 15.0. The first-order chi connectivity index (χ1) is 43.1. The third-order valence-electron chi connectivity index (χ3n) is 18.8. The van der Waals surface area contributed by atoms with Gasteiger partial charge in [-0.1, -0.05) is 255 Å². The molecule has 0 atom stereocenters. The van der Waals surface area contributed by atoms with Gasteiger partial charge in [0.25, 0.3) is 0 Å². The molecule has 0 aliphatic heterocycles. The summed E-state index contributed by atoms with van der Waals surface area (Å²) in [5, 5.41) is 5.06. The molecular weight excluding hydrogens is 1050 g/mol. The minimum atomic E-state index is -0.213. The SMILES string of the molecule is C(=C\c1ccc(-c2ccc3c(c2)c2ccccc2n3-c2ccccc2)cc1)/c1ccc(-c2ccc3c(c2)C2(CCc4ccccc42)c2cc(-c4ccc(/C=C/c5ccc(-c6ccc7c(c6)c6ccccc6n7-c6ccccc6)cc5)cc4)ccc2-3)cc1. The van der Waals surface area contributed by atoms with E-state index >= 15 is 0 Å². The van der Waals surface area contributed by atoms with Crippen LogP contribution >= 0.6 is 0 Å². The lowest BCUT2D eigenvalue weighted by Crippen LogP contribution is -2.23. The van der Waals surface area contributed by atoms with Crippen molar-refractivity contribution in [2.24, 2.45) is 0 Å². The van der Waals surface area contributed by atoms with Gasteiger partial charge in [0, 0.05) is 38.3 Å². The van der Waals surface area contributed by atoms with E-state index in [4.69, 9.17) is 0 Å². The van der Waals surface area contributed by atoms with Crippen LogP contribution in [0.15, 0.2) is 303 Å². The average Bonchev–Trinajstić information content (AvgIpc) is 1.58. The Morgan fingerprint density at radius 1 is 0.253 bits per heavy atom. The van der Waals surface area contributed by atoms with Gasteiger partial charge in [-0.05, 0) is 186 Å². The molecule has 2 aliphatic rings. The Bertz CT molecular complexity index is 4910. The summed E-state index contributed by atoms with van der Waals surface area (Å²) < 4.78 is 4.74. The van der Waals surface area contributed by atoms with Gasteiger partial charge in [0.05, 0.1) is 22.1 Å². The number of fused-ring (bicyclic) bond motifs is 13. The average molecular weight is 1110 g/mol. The van der Waals surface area contributed by atoms with Crippen molar-refractivity contribution in [2.45, 2.75) is 18.3 Å². The summed E-state index contributed by atoms with van der Waals surface area (Å²) in [7, 11) is 0. The molecule has 13 aromatic carbocycles. The van der Waals surface area contributed by atoms with E-state index in [0.29, 0.717) is 0 Å². The molecule has 2 aliphatic carbocycles. The summed E-state index contributed by atoms with van der Waals surface area (Å²) in [5.74, 6) is 0. The molecule has 0 amide bonds. The number of hydrogen-bond donors (Lipinski definition) is 0. The fourth-order valence-electron chi connectivity index (χ4n) is 14.5. The van der Waals surface area contributed by atoms with Gasteiger partial charge in [0.15, 0.2) is 0 Å². The van der Waals surface area contributed by atoms with Crippen LogP contribution in [-0.4, -0.2) is 9.13 Å². The van der Waals surface area contributed by atoms with Gasteiger partial charge in [0.2, 0.25) is 0 Å². The quantitative estimate of drug-likeness (QED) is 0.121. The number of aromatic nitrogens is 2. The lowest BCUT2D eigenvalue weighted by molar-refractivity contribution is 0.626. The van der Waals surface area contributed by atoms with Gasteiger partial charge in [-0.25, -0.2) is 0 Å². The Labute approximate surface area is 507 Å². The van der Waals surface area contributed by atoms with E-state index in [1.807, 2.05) is 0 Å². The normalized spacial score (nSPS) is 13.2. The van der Waals surface area contributed by atoms with Gasteiger partial charge in [-0.3, -0.25) is 0 Å². The molecule has 2 nitrogen and oxygen atoms in total. The van der Waals surface area contributed by atoms with Crippen LogP contribution < -0.4 is 0 Å². The summed E-state index contributed by atoms with van der Waals surface area (Å²) in [4.78, 5) is 0. The molecule has 15 aromatic rings. The molecule has 2 aromatic heterocycles. The van der Waals surface area contributed by atoms with Crippen molar-refractivity contribution in [1.29, 1.82) is 0 Å². The highest BCUT2D eigenvalue weighted by Gasteiger charge is 2.48. The maximum absolute atomic E-state index is 2.50.